The summed E-state index contributed by atoms with van der Waals surface area (Å²) < 4.78 is 5.43. The highest BCUT2D eigenvalue weighted by molar-refractivity contribution is 6.30. The molecule has 2 heterocycles. The van der Waals surface area contributed by atoms with Gasteiger partial charge in [0.25, 0.3) is 5.91 Å². The van der Waals surface area contributed by atoms with Crippen molar-refractivity contribution >= 4 is 23.2 Å². The molecule has 5 nitrogen and oxygen atoms in total. The quantitative estimate of drug-likeness (QED) is 0.824. The van der Waals surface area contributed by atoms with Crippen molar-refractivity contribution in [2.75, 3.05) is 31.1 Å². The second-order valence-electron chi connectivity index (χ2n) is 7.04. The fourth-order valence-electron chi connectivity index (χ4n) is 3.74. The zero-order valence-corrected chi connectivity index (χ0v) is 15.1. The van der Waals surface area contributed by atoms with Crippen LogP contribution >= 0.6 is 11.6 Å². The molecular formula is C19H22ClN3O2. The normalized spacial score (nSPS) is 20.5. The van der Waals surface area contributed by atoms with Crippen LogP contribution in [0.4, 0.5) is 5.69 Å². The Bertz CT molecular complexity index is 781. The molecule has 0 spiro atoms. The first-order chi connectivity index (χ1) is 12.1. The average Bonchev–Trinajstić information content (AvgIpc) is 3.04. The van der Waals surface area contributed by atoms with Gasteiger partial charge in [0.15, 0.2) is 5.69 Å². The molecule has 2 aromatic rings. The van der Waals surface area contributed by atoms with Crippen LogP contribution < -0.4 is 4.90 Å². The lowest BCUT2D eigenvalue weighted by molar-refractivity contribution is 0.0735. The van der Waals surface area contributed by atoms with Crippen LogP contribution in [0.3, 0.4) is 0 Å². The van der Waals surface area contributed by atoms with E-state index in [0.717, 1.165) is 54.4 Å². The van der Waals surface area contributed by atoms with Gasteiger partial charge in [0.05, 0.1) is 0 Å². The van der Waals surface area contributed by atoms with Crippen molar-refractivity contribution in [3.63, 3.8) is 0 Å². The Hall–Kier alpha value is -2.01. The van der Waals surface area contributed by atoms with Gasteiger partial charge in [-0.25, -0.2) is 0 Å². The lowest BCUT2D eigenvalue weighted by Gasteiger charge is -2.36. The Morgan fingerprint density at radius 3 is 2.84 bits per heavy atom. The summed E-state index contributed by atoms with van der Waals surface area (Å²) in [5.41, 5.74) is 2.66. The van der Waals surface area contributed by atoms with E-state index in [0.29, 0.717) is 24.7 Å². The lowest BCUT2D eigenvalue weighted by Crippen LogP contribution is -2.49. The molecule has 1 saturated heterocycles. The third-order valence-electron chi connectivity index (χ3n) is 5.23. The monoisotopic (exact) mass is 359 g/mol. The zero-order chi connectivity index (χ0) is 17.4. The Balaban J connectivity index is 1.44. The van der Waals surface area contributed by atoms with Crippen LogP contribution in [0.15, 0.2) is 28.8 Å². The fraction of sp³-hybridized carbons (Fsp3) is 0.474. The molecule has 0 saturated carbocycles. The highest BCUT2D eigenvalue weighted by atomic mass is 35.5. The topological polar surface area (TPSA) is 49.6 Å². The highest BCUT2D eigenvalue weighted by Crippen LogP contribution is 2.29. The standard InChI is InChI=1S/C19H22ClN3O2/c1-13-5-6-17-16(11-13)18(21-25-17)19(24)23-9-7-22(8-10-23)15-4-2-3-14(20)12-15/h2-4,12-13H,5-11H2,1H3/t13-/m0/s1. The van der Waals surface area contributed by atoms with E-state index in [1.807, 2.05) is 23.1 Å². The first kappa shape index (κ1) is 16.5. The third-order valence-corrected chi connectivity index (χ3v) is 5.46. The van der Waals surface area contributed by atoms with Crippen molar-refractivity contribution in [1.29, 1.82) is 0 Å². The number of rotatable bonds is 2. The van der Waals surface area contributed by atoms with Gasteiger partial charge in [-0.05, 0) is 37.0 Å². The summed E-state index contributed by atoms with van der Waals surface area (Å²) in [7, 11) is 0. The molecule has 25 heavy (non-hydrogen) atoms. The van der Waals surface area contributed by atoms with E-state index in [-0.39, 0.29) is 5.91 Å². The number of amides is 1. The molecule has 1 fully saturated rings. The molecule has 1 amide bonds. The van der Waals surface area contributed by atoms with Crippen LogP contribution in [-0.4, -0.2) is 42.1 Å². The summed E-state index contributed by atoms with van der Waals surface area (Å²) >= 11 is 6.08. The molecule has 1 aliphatic carbocycles. The average molecular weight is 360 g/mol. The maximum Gasteiger partial charge on any atom is 0.276 e. The number of hydrogen-bond acceptors (Lipinski definition) is 4. The van der Waals surface area contributed by atoms with E-state index in [1.165, 1.54) is 0 Å². The predicted molar refractivity (Wildman–Crippen MR) is 97.3 cm³/mol. The van der Waals surface area contributed by atoms with Crippen molar-refractivity contribution in [1.82, 2.24) is 10.1 Å². The van der Waals surface area contributed by atoms with E-state index in [4.69, 9.17) is 16.1 Å². The molecule has 132 valence electrons. The summed E-state index contributed by atoms with van der Waals surface area (Å²) in [6, 6.07) is 7.85. The SMILES string of the molecule is C[C@H]1CCc2onc(C(=O)N3CCN(c4cccc(Cl)c4)CC3)c2C1. The van der Waals surface area contributed by atoms with Gasteiger partial charge in [-0.1, -0.05) is 29.7 Å². The number of carbonyl (C=O) groups is 1. The number of aryl methyl sites for hydroxylation is 1. The number of carbonyl (C=O) groups excluding carboxylic acids is 1. The lowest BCUT2D eigenvalue weighted by atomic mass is 9.88. The van der Waals surface area contributed by atoms with Gasteiger partial charge in [-0.3, -0.25) is 4.79 Å². The maximum atomic E-state index is 12.9. The number of aromatic nitrogens is 1. The number of anilines is 1. The minimum absolute atomic E-state index is 0.00449. The van der Waals surface area contributed by atoms with Gasteiger partial charge in [0.2, 0.25) is 0 Å². The Morgan fingerprint density at radius 2 is 2.08 bits per heavy atom. The Labute approximate surface area is 152 Å². The molecule has 2 aliphatic rings. The largest absolute Gasteiger partial charge is 0.368 e. The number of halogens is 1. The van der Waals surface area contributed by atoms with Crippen LogP contribution in [-0.2, 0) is 12.8 Å². The molecule has 0 bridgehead atoms. The van der Waals surface area contributed by atoms with Gasteiger partial charge in [0.1, 0.15) is 5.76 Å². The Morgan fingerprint density at radius 1 is 1.28 bits per heavy atom. The summed E-state index contributed by atoms with van der Waals surface area (Å²) in [6.07, 6.45) is 2.88. The van der Waals surface area contributed by atoms with Crippen molar-refractivity contribution in [3.05, 3.63) is 46.3 Å². The molecule has 1 aromatic heterocycles. The maximum absolute atomic E-state index is 12.9. The number of fused-ring (bicyclic) bond motifs is 1. The zero-order valence-electron chi connectivity index (χ0n) is 14.4. The minimum Gasteiger partial charge on any atom is -0.368 e. The van der Waals surface area contributed by atoms with Crippen molar-refractivity contribution < 1.29 is 9.32 Å². The van der Waals surface area contributed by atoms with Gasteiger partial charge in [0, 0.05) is 48.9 Å². The highest BCUT2D eigenvalue weighted by Gasteiger charge is 2.31. The van der Waals surface area contributed by atoms with Crippen LogP contribution in [0.1, 0.15) is 35.2 Å². The van der Waals surface area contributed by atoms with Gasteiger partial charge in [-0.2, -0.15) is 0 Å². The summed E-state index contributed by atoms with van der Waals surface area (Å²) in [5.74, 6) is 1.49. The minimum atomic E-state index is 0.00449. The smallest absolute Gasteiger partial charge is 0.276 e. The van der Waals surface area contributed by atoms with Crippen LogP contribution in [0.25, 0.3) is 0 Å². The molecule has 0 unspecified atom stereocenters. The summed E-state index contributed by atoms with van der Waals surface area (Å²) in [5, 5.41) is 4.83. The molecule has 1 aliphatic heterocycles. The molecule has 4 rings (SSSR count). The number of hydrogen-bond donors (Lipinski definition) is 0. The molecular weight excluding hydrogens is 338 g/mol. The van der Waals surface area contributed by atoms with E-state index >= 15 is 0 Å². The predicted octanol–water partition coefficient (Wildman–Crippen LogP) is 3.42. The second kappa shape index (κ2) is 6.71. The molecule has 6 heteroatoms. The van der Waals surface area contributed by atoms with Crippen molar-refractivity contribution in [2.24, 2.45) is 5.92 Å². The van der Waals surface area contributed by atoms with Crippen LogP contribution in [0.2, 0.25) is 5.02 Å². The van der Waals surface area contributed by atoms with E-state index in [2.05, 4.69) is 23.0 Å². The van der Waals surface area contributed by atoms with Crippen LogP contribution in [0, 0.1) is 5.92 Å². The second-order valence-corrected chi connectivity index (χ2v) is 7.48. The molecule has 0 radical (unpaired) electrons. The van der Waals surface area contributed by atoms with Gasteiger partial charge in [-0.15, -0.1) is 0 Å². The van der Waals surface area contributed by atoms with Gasteiger partial charge >= 0.3 is 0 Å². The summed E-state index contributed by atoms with van der Waals surface area (Å²) in [6.45, 7) is 5.17. The van der Waals surface area contributed by atoms with Crippen molar-refractivity contribution in [2.45, 2.75) is 26.2 Å². The molecule has 0 N–H and O–H groups in total. The number of piperazine rings is 1. The van der Waals surface area contributed by atoms with Gasteiger partial charge < -0.3 is 14.3 Å². The van der Waals surface area contributed by atoms with Crippen molar-refractivity contribution in [3.8, 4) is 0 Å². The summed E-state index contributed by atoms with van der Waals surface area (Å²) in [4.78, 5) is 17.0. The first-order valence-corrected chi connectivity index (χ1v) is 9.27. The number of benzene rings is 1. The molecule has 1 atom stereocenters. The van der Waals surface area contributed by atoms with E-state index < -0.39 is 0 Å². The van der Waals surface area contributed by atoms with Crippen LogP contribution in [0.5, 0.6) is 0 Å². The van der Waals surface area contributed by atoms with E-state index in [1.54, 1.807) is 0 Å². The Kier molecular flexibility index (Phi) is 4.42. The molecule has 1 aromatic carbocycles. The van der Waals surface area contributed by atoms with E-state index in [9.17, 15) is 4.79 Å². The fourth-order valence-corrected chi connectivity index (χ4v) is 3.92. The number of nitrogens with zero attached hydrogens (tertiary/aromatic N) is 3. The third kappa shape index (κ3) is 3.25. The first-order valence-electron chi connectivity index (χ1n) is 8.89.